The Hall–Kier alpha value is -2.87. The number of hydrogen-bond donors (Lipinski definition) is 1. The third-order valence-electron chi connectivity index (χ3n) is 6.11. The molecule has 0 heterocycles. The van der Waals surface area contributed by atoms with E-state index >= 15 is 0 Å². The van der Waals surface area contributed by atoms with E-state index in [9.17, 15) is 18.0 Å². The van der Waals surface area contributed by atoms with Crippen LogP contribution in [0.3, 0.4) is 0 Å². The molecule has 2 amide bonds. The number of nitrogens with zero attached hydrogens (tertiary/aromatic N) is 2. The van der Waals surface area contributed by atoms with E-state index in [0.29, 0.717) is 5.69 Å². The van der Waals surface area contributed by atoms with Gasteiger partial charge in [-0.3, -0.25) is 13.9 Å². The van der Waals surface area contributed by atoms with Gasteiger partial charge in [-0.25, -0.2) is 8.42 Å². The molecule has 7 nitrogen and oxygen atoms in total. The zero-order valence-electron chi connectivity index (χ0n) is 21.9. The van der Waals surface area contributed by atoms with E-state index in [2.05, 4.69) is 5.32 Å². The Morgan fingerprint density at radius 1 is 1.00 bits per heavy atom. The summed E-state index contributed by atoms with van der Waals surface area (Å²) in [4.78, 5) is 28.1. The molecule has 1 N–H and O–H groups in total. The first-order valence-electron chi connectivity index (χ1n) is 12.1. The molecule has 35 heavy (non-hydrogen) atoms. The smallest absolute Gasteiger partial charge is 0.244 e. The van der Waals surface area contributed by atoms with Crippen molar-refractivity contribution in [2.24, 2.45) is 0 Å². The Labute approximate surface area is 210 Å². The lowest BCUT2D eigenvalue weighted by Gasteiger charge is -2.32. The van der Waals surface area contributed by atoms with Crippen LogP contribution < -0.4 is 9.62 Å². The number of carbonyl (C=O) groups is 2. The lowest BCUT2D eigenvalue weighted by Crippen LogP contribution is -2.52. The van der Waals surface area contributed by atoms with Gasteiger partial charge in [0.25, 0.3) is 0 Å². The Morgan fingerprint density at radius 2 is 1.66 bits per heavy atom. The summed E-state index contributed by atoms with van der Waals surface area (Å²) in [6.07, 6.45) is 1.86. The second-order valence-electron chi connectivity index (χ2n) is 9.49. The molecule has 2 atom stereocenters. The molecule has 0 saturated heterocycles. The van der Waals surface area contributed by atoms with Gasteiger partial charge >= 0.3 is 0 Å². The van der Waals surface area contributed by atoms with Crippen molar-refractivity contribution in [2.45, 2.75) is 72.5 Å². The van der Waals surface area contributed by atoms with Crippen LogP contribution in [0, 0.1) is 6.92 Å². The molecular weight excluding hydrogens is 462 g/mol. The molecular formula is C27H39N3O4S. The zero-order valence-corrected chi connectivity index (χ0v) is 22.7. The number of aryl methyl sites for hydroxylation is 1. The standard InChI is InChI=1S/C27H39N3O4S/c1-8-21(5)28-27(32)22(6)29(17-23-13-11-12-20(4)16-23)26(31)18-30(35(7,33)34)25-15-10-9-14-24(25)19(2)3/h9-16,19,21-22H,8,17-18H2,1-7H3,(H,28,32)/t21-,22-/m0/s1. The number of sulfonamides is 1. The fraction of sp³-hybridized carbons (Fsp3) is 0.481. The van der Waals surface area contributed by atoms with Gasteiger partial charge in [-0.1, -0.05) is 68.8 Å². The first-order chi connectivity index (χ1) is 16.3. The lowest BCUT2D eigenvalue weighted by molar-refractivity contribution is -0.139. The average molecular weight is 502 g/mol. The minimum absolute atomic E-state index is 0.0358. The molecule has 0 aromatic heterocycles. The molecule has 0 aliphatic carbocycles. The summed E-state index contributed by atoms with van der Waals surface area (Å²) in [6.45, 7) is 11.3. The lowest BCUT2D eigenvalue weighted by atomic mass is 10.0. The second kappa shape index (κ2) is 12.2. The number of benzene rings is 2. The van der Waals surface area contributed by atoms with Gasteiger partial charge in [-0.2, -0.15) is 0 Å². The molecule has 0 aliphatic heterocycles. The van der Waals surface area contributed by atoms with E-state index in [1.807, 2.05) is 71.0 Å². The van der Waals surface area contributed by atoms with Gasteiger partial charge < -0.3 is 10.2 Å². The summed E-state index contributed by atoms with van der Waals surface area (Å²) in [7, 11) is -3.77. The highest BCUT2D eigenvalue weighted by molar-refractivity contribution is 7.92. The highest BCUT2D eigenvalue weighted by Crippen LogP contribution is 2.29. The molecule has 8 heteroatoms. The first kappa shape index (κ1) is 28.4. The van der Waals surface area contributed by atoms with Crippen LogP contribution >= 0.6 is 0 Å². The quantitative estimate of drug-likeness (QED) is 0.500. The van der Waals surface area contributed by atoms with Crippen LogP contribution in [0.15, 0.2) is 48.5 Å². The van der Waals surface area contributed by atoms with E-state index in [1.54, 1.807) is 19.1 Å². The SMILES string of the molecule is CC[C@H](C)NC(=O)[C@H](C)N(Cc1cccc(C)c1)C(=O)CN(c1ccccc1C(C)C)S(C)(=O)=O. The summed E-state index contributed by atoms with van der Waals surface area (Å²) in [6, 6.07) is 14.1. The van der Waals surface area contributed by atoms with Crippen LogP contribution in [0.1, 0.15) is 63.6 Å². The minimum Gasteiger partial charge on any atom is -0.352 e. The van der Waals surface area contributed by atoms with Crippen molar-refractivity contribution < 1.29 is 18.0 Å². The maximum Gasteiger partial charge on any atom is 0.244 e. The number of para-hydroxylation sites is 1. The topological polar surface area (TPSA) is 86.8 Å². The van der Waals surface area contributed by atoms with Crippen LogP contribution in [-0.2, 0) is 26.2 Å². The summed E-state index contributed by atoms with van der Waals surface area (Å²) < 4.78 is 26.8. The molecule has 0 bridgehead atoms. The van der Waals surface area contributed by atoms with Crippen molar-refractivity contribution in [1.29, 1.82) is 0 Å². The average Bonchev–Trinajstić information content (AvgIpc) is 2.79. The Kier molecular flexibility index (Phi) is 9.89. The number of carbonyl (C=O) groups excluding carboxylic acids is 2. The van der Waals surface area contributed by atoms with E-state index in [1.165, 1.54) is 4.90 Å². The Balaban J connectivity index is 2.45. The van der Waals surface area contributed by atoms with E-state index in [0.717, 1.165) is 33.7 Å². The van der Waals surface area contributed by atoms with Gasteiger partial charge in [0.05, 0.1) is 11.9 Å². The van der Waals surface area contributed by atoms with Gasteiger partial charge in [-0.15, -0.1) is 0 Å². The first-order valence-corrected chi connectivity index (χ1v) is 13.9. The third kappa shape index (κ3) is 7.82. The second-order valence-corrected chi connectivity index (χ2v) is 11.4. The normalized spacial score (nSPS) is 13.3. The molecule has 0 unspecified atom stereocenters. The summed E-state index contributed by atoms with van der Waals surface area (Å²) >= 11 is 0. The summed E-state index contributed by atoms with van der Waals surface area (Å²) in [5, 5.41) is 2.94. The molecule has 2 aromatic rings. The molecule has 192 valence electrons. The number of anilines is 1. The van der Waals surface area contributed by atoms with Crippen molar-refractivity contribution in [1.82, 2.24) is 10.2 Å². The fourth-order valence-corrected chi connectivity index (χ4v) is 4.72. The Bertz CT molecular complexity index is 1130. The van der Waals surface area contributed by atoms with Crippen LogP contribution in [0.4, 0.5) is 5.69 Å². The van der Waals surface area contributed by atoms with Crippen LogP contribution in [-0.4, -0.2) is 50.0 Å². The van der Waals surface area contributed by atoms with Crippen LogP contribution in [0.2, 0.25) is 0 Å². The van der Waals surface area contributed by atoms with Crippen molar-refractivity contribution in [2.75, 3.05) is 17.1 Å². The number of nitrogens with one attached hydrogen (secondary N) is 1. The van der Waals surface area contributed by atoms with Crippen LogP contribution in [0.25, 0.3) is 0 Å². The van der Waals surface area contributed by atoms with Crippen LogP contribution in [0.5, 0.6) is 0 Å². The van der Waals surface area contributed by atoms with Crippen molar-refractivity contribution >= 4 is 27.5 Å². The molecule has 0 fully saturated rings. The predicted octanol–water partition coefficient (Wildman–Crippen LogP) is 4.22. The predicted molar refractivity (Wildman–Crippen MR) is 142 cm³/mol. The van der Waals surface area contributed by atoms with E-state index in [-0.39, 0.29) is 24.4 Å². The van der Waals surface area contributed by atoms with Gasteiger partial charge in [-0.05, 0) is 50.3 Å². The third-order valence-corrected chi connectivity index (χ3v) is 7.24. The minimum atomic E-state index is -3.77. The summed E-state index contributed by atoms with van der Waals surface area (Å²) in [5.74, 6) is -0.648. The van der Waals surface area contributed by atoms with Gasteiger partial charge in [0.1, 0.15) is 12.6 Å². The summed E-state index contributed by atoms with van der Waals surface area (Å²) in [5.41, 5.74) is 3.22. The maximum absolute atomic E-state index is 13.7. The number of amides is 2. The zero-order chi connectivity index (χ0) is 26.3. The maximum atomic E-state index is 13.7. The van der Waals surface area contributed by atoms with Gasteiger partial charge in [0.15, 0.2) is 0 Å². The van der Waals surface area contributed by atoms with Crippen molar-refractivity contribution in [3.05, 3.63) is 65.2 Å². The fourth-order valence-electron chi connectivity index (χ4n) is 3.85. The van der Waals surface area contributed by atoms with E-state index < -0.39 is 28.5 Å². The highest BCUT2D eigenvalue weighted by Gasteiger charge is 2.31. The van der Waals surface area contributed by atoms with Crippen molar-refractivity contribution in [3.8, 4) is 0 Å². The van der Waals surface area contributed by atoms with E-state index in [4.69, 9.17) is 0 Å². The number of hydrogen-bond acceptors (Lipinski definition) is 4. The molecule has 0 spiro atoms. The Morgan fingerprint density at radius 3 is 2.23 bits per heavy atom. The molecule has 0 aliphatic rings. The molecule has 0 saturated carbocycles. The largest absolute Gasteiger partial charge is 0.352 e. The molecule has 0 radical (unpaired) electrons. The number of rotatable bonds is 11. The van der Waals surface area contributed by atoms with Crippen molar-refractivity contribution in [3.63, 3.8) is 0 Å². The molecule has 2 aromatic carbocycles. The monoisotopic (exact) mass is 501 g/mol. The molecule has 2 rings (SSSR count). The highest BCUT2D eigenvalue weighted by atomic mass is 32.2. The van der Waals surface area contributed by atoms with Gasteiger partial charge in [0.2, 0.25) is 21.8 Å². The van der Waals surface area contributed by atoms with Gasteiger partial charge in [0, 0.05) is 12.6 Å².